The smallest absolute Gasteiger partial charge is 0.243 e. The molecular formula is C13H17N3O4S. The molecule has 2 rings (SSSR count). The van der Waals surface area contributed by atoms with Crippen LogP contribution in [-0.4, -0.2) is 37.7 Å². The first-order chi connectivity index (χ1) is 9.89. The summed E-state index contributed by atoms with van der Waals surface area (Å²) in [4.78, 5) is 4.20. The van der Waals surface area contributed by atoms with Crippen molar-refractivity contribution in [3.05, 3.63) is 30.2 Å². The summed E-state index contributed by atoms with van der Waals surface area (Å²) < 4.78 is 32.5. The summed E-state index contributed by atoms with van der Waals surface area (Å²) in [6.45, 7) is 0. The summed E-state index contributed by atoms with van der Waals surface area (Å²) in [5.41, 5.74) is 6.60. The van der Waals surface area contributed by atoms with Crippen LogP contribution in [0.25, 0.3) is 11.4 Å². The largest absolute Gasteiger partial charge is 0.497 e. The monoisotopic (exact) mass is 311 g/mol. The quantitative estimate of drug-likeness (QED) is 0.853. The molecule has 1 atom stereocenters. The number of methoxy groups -OCH3 is 1. The van der Waals surface area contributed by atoms with Gasteiger partial charge in [0.25, 0.3) is 0 Å². The van der Waals surface area contributed by atoms with Gasteiger partial charge >= 0.3 is 0 Å². The van der Waals surface area contributed by atoms with E-state index in [1.165, 1.54) is 0 Å². The Bertz CT molecular complexity index is 712. The SMILES string of the molecule is COc1cccc(-c2noc(C(N)CCS(C)(=O)=O)n2)c1. The fourth-order valence-electron chi connectivity index (χ4n) is 1.73. The Labute approximate surface area is 123 Å². The van der Waals surface area contributed by atoms with Crippen LogP contribution >= 0.6 is 0 Å². The zero-order chi connectivity index (χ0) is 15.5. The lowest BCUT2D eigenvalue weighted by Gasteiger charge is -2.04. The van der Waals surface area contributed by atoms with Gasteiger partial charge in [-0.1, -0.05) is 17.3 Å². The molecule has 0 radical (unpaired) electrons. The molecule has 114 valence electrons. The Kier molecular flexibility index (Phi) is 4.59. The van der Waals surface area contributed by atoms with Crippen LogP contribution in [0.1, 0.15) is 18.4 Å². The van der Waals surface area contributed by atoms with E-state index < -0.39 is 15.9 Å². The lowest BCUT2D eigenvalue weighted by atomic mass is 10.2. The Morgan fingerprint density at radius 2 is 2.19 bits per heavy atom. The van der Waals surface area contributed by atoms with Gasteiger partial charge in [-0.3, -0.25) is 0 Å². The van der Waals surface area contributed by atoms with Gasteiger partial charge in [0.1, 0.15) is 15.6 Å². The van der Waals surface area contributed by atoms with E-state index in [9.17, 15) is 8.42 Å². The number of hydrogen-bond acceptors (Lipinski definition) is 7. The van der Waals surface area contributed by atoms with Crippen molar-refractivity contribution in [3.8, 4) is 17.1 Å². The normalized spacial score (nSPS) is 13.1. The van der Waals surface area contributed by atoms with E-state index >= 15 is 0 Å². The minimum absolute atomic E-state index is 0.0228. The van der Waals surface area contributed by atoms with Crippen molar-refractivity contribution < 1.29 is 17.7 Å². The summed E-state index contributed by atoms with van der Waals surface area (Å²) in [5.74, 6) is 1.26. The van der Waals surface area contributed by atoms with E-state index in [0.29, 0.717) is 11.6 Å². The standard InChI is InChI=1S/C13H17N3O4S/c1-19-10-5-3-4-9(8-10)12-15-13(20-16-12)11(14)6-7-21(2,17)18/h3-5,8,11H,6-7,14H2,1-2H3. The van der Waals surface area contributed by atoms with E-state index in [2.05, 4.69) is 10.1 Å². The van der Waals surface area contributed by atoms with Gasteiger partial charge in [0.2, 0.25) is 11.7 Å². The first kappa shape index (κ1) is 15.5. The summed E-state index contributed by atoms with van der Waals surface area (Å²) in [5, 5.41) is 3.86. The highest BCUT2D eigenvalue weighted by molar-refractivity contribution is 7.90. The summed E-state index contributed by atoms with van der Waals surface area (Å²) in [6, 6.07) is 6.61. The molecular weight excluding hydrogens is 294 g/mol. The zero-order valence-corrected chi connectivity index (χ0v) is 12.6. The predicted octanol–water partition coefficient (Wildman–Crippen LogP) is 1.18. The van der Waals surface area contributed by atoms with Crippen molar-refractivity contribution in [2.75, 3.05) is 19.1 Å². The number of nitrogens with two attached hydrogens (primary N) is 1. The molecule has 0 spiro atoms. The maximum Gasteiger partial charge on any atom is 0.243 e. The summed E-state index contributed by atoms with van der Waals surface area (Å²) >= 11 is 0. The van der Waals surface area contributed by atoms with Crippen molar-refractivity contribution >= 4 is 9.84 Å². The summed E-state index contributed by atoms with van der Waals surface area (Å²) in [7, 11) is -1.50. The van der Waals surface area contributed by atoms with Crippen molar-refractivity contribution in [2.45, 2.75) is 12.5 Å². The van der Waals surface area contributed by atoms with Gasteiger partial charge in [-0.2, -0.15) is 4.98 Å². The Morgan fingerprint density at radius 3 is 2.86 bits per heavy atom. The third-order valence-electron chi connectivity index (χ3n) is 2.89. The van der Waals surface area contributed by atoms with Gasteiger partial charge in [0, 0.05) is 11.8 Å². The summed E-state index contributed by atoms with van der Waals surface area (Å²) in [6.07, 6.45) is 1.40. The number of sulfone groups is 1. The molecule has 0 saturated carbocycles. The zero-order valence-electron chi connectivity index (χ0n) is 11.8. The Morgan fingerprint density at radius 1 is 1.43 bits per heavy atom. The van der Waals surface area contributed by atoms with E-state index in [4.69, 9.17) is 15.0 Å². The van der Waals surface area contributed by atoms with Crippen LogP contribution in [0.3, 0.4) is 0 Å². The molecule has 0 bridgehead atoms. The van der Waals surface area contributed by atoms with Crippen LogP contribution in [0.5, 0.6) is 5.75 Å². The third-order valence-corrected chi connectivity index (χ3v) is 3.86. The van der Waals surface area contributed by atoms with E-state index in [1.807, 2.05) is 18.2 Å². The van der Waals surface area contributed by atoms with E-state index in [0.717, 1.165) is 11.8 Å². The van der Waals surface area contributed by atoms with Crippen LogP contribution < -0.4 is 10.5 Å². The molecule has 1 aromatic carbocycles. The number of benzene rings is 1. The maximum atomic E-state index is 11.1. The second-order valence-corrected chi connectivity index (χ2v) is 6.97. The molecule has 0 aliphatic carbocycles. The highest BCUT2D eigenvalue weighted by Crippen LogP contribution is 2.23. The van der Waals surface area contributed by atoms with Crippen molar-refractivity contribution in [3.63, 3.8) is 0 Å². The van der Waals surface area contributed by atoms with Crippen LogP contribution in [0, 0.1) is 0 Å². The number of hydrogen-bond donors (Lipinski definition) is 1. The fraction of sp³-hybridized carbons (Fsp3) is 0.385. The maximum absolute atomic E-state index is 11.1. The van der Waals surface area contributed by atoms with Crippen LogP contribution in [-0.2, 0) is 9.84 Å². The average Bonchev–Trinajstić information content (AvgIpc) is 2.94. The molecule has 1 aromatic heterocycles. The molecule has 21 heavy (non-hydrogen) atoms. The minimum Gasteiger partial charge on any atom is -0.497 e. The number of ether oxygens (including phenoxy) is 1. The number of rotatable bonds is 6. The van der Waals surface area contributed by atoms with Crippen LogP contribution in [0.4, 0.5) is 0 Å². The lowest BCUT2D eigenvalue weighted by molar-refractivity contribution is 0.352. The molecule has 1 heterocycles. The molecule has 2 N–H and O–H groups in total. The van der Waals surface area contributed by atoms with Crippen molar-refractivity contribution in [1.29, 1.82) is 0 Å². The first-order valence-corrected chi connectivity index (χ1v) is 8.36. The van der Waals surface area contributed by atoms with Gasteiger partial charge in [-0.15, -0.1) is 0 Å². The molecule has 0 amide bonds. The van der Waals surface area contributed by atoms with E-state index in [-0.39, 0.29) is 18.1 Å². The van der Waals surface area contributed by atoms with Crippen LogP contribution in [0.2, 0.25) is 0 Å². The van der Waals surface area contributed by atoms with Gasteiger partial charge in [0.05, 0.1) is 18.9 Å². The van der Waals surface area contributed by atoms with Crippen molar-refractivity contribution in [1.82, 2.24) is 10.1 Å². The van der Waals surface area contributed by atoms with Gasteiger partial charge < -0.3 is 15.0 Å². The predicted molar refractivity (Wildman–Crippen MR) is 77.5 cm³/mol. The van der Waals surface area contributed by atoms with Gasteiger partial charge in [-0.05, 0) is 18.6 Å². The molecule has 0 aliphatic heterocycles. The minimum atomic E-state index is -3.07. The molecule has 0 saturated heterocycles. The first-order valence-electron chi connectivity index (χ1n) is 6.30. The molecule has 7 nitrogen and oxygen atoms in total. The molecule has 0 aliphatic rings. The second kappa shape index (κ2) is 6.23. The number of aromatic nitrogens is 2. The van der Waals surface area contributed by atoms with Gasteiger partial charge in [0.15, 0.2) is 0 Å². The Hall–Kier alpha value is -1.93. The Balaban J connectivity index is 2.13. The average molecular weight is 311 g/mol. The van der Waals surface area contributed by atoms with Crippen LogP contribution in [0.15, 0.2) is 28.8 Å². The van der Waals surface area contributed by atoms with Gasteiger partial charge in [-0.25, -0.2) is 8.42 Å². The molecule has 8 heteroatoms. The third kappa shape index (κ3) is 4.27. The highest BCUT2D eigenvalue weighted by Gasteiger charge is 2.17. The molecule has 2 aromatic rings. The molecule has 1 unspecified atom stereocenters. The second-order valence-electron chi connectivity index (χ2n) is 4.71. The number of nitrogens with zero attached hydrogens (tertiary/aromatic N) is 2. The fourth-order valence-corrected chi connectivity index (χ4v) is 2.41. The molecule has 0 fully saturated rings. The van der Waals surface area contributed by atoms with Crippen molar-refractivity contribution in [2.24, 2.45) is 5.73 Å². The van der Waals surface area contributed by atoms with E-state index in [1.54, 1.807) is 13.2 Å². The lowest BCUT2D eigenvalue weighted by Crippen LogP contribution is -2.16. The highest BCUT2D eigenvalue weighted by atomic mass is 32.2. The topological polar surface area (TPSA) is 108 Å².